The predicted octanol–water partition coefficient (Wildman–Crippen LogP) is 3.77. The summed E-state index contributed by atoms with van der Waals surface area (Å²) in [5, 5.41) is 14.2. The van der Waals surface area contributed by atoms with Gasteiger partial charge in [0.1, 0.15) is 0 Å². The predicted molar refractivity (Wildman–Crippen MR) is 76.2 cm³/mol. The second-order valence-corrected chi connectivity index (χ2v) is 5.22. The van der Waals surface area contributed by atoms with Crippen molar-refractivity contribution >= 4 is 11.6 Å². The molecule has 1 atom stereocenters. The fourth-order valence-electron chi connectivity index (χ4n) is 2.50. The number of hydrogen-bond acceptors (Lipinski definition) is 3. The van der Waals surface area contributed by atoms with Crippen LogP contribution in [0, 0.1) is 11.3 Å². The van der Waals surface area contributed by atoms with Crippen molar-refractivity contribution in [2.75, 3.05) is 6.61 Å². The molecule has 1 saturated heterocycles. The molecule has 5 heteroatoms. The summed E-state index contributed by atoms with van der Waals surface area (Å²) in [4.78, 5) is 0. The second-order valence-electron chi connectivity index (χ2n) is 4.78. The second kappa shape index (κ2) is 5.66. The van der Waals surface area contributed by atoms with E-state index in [1.54, 1.807) is 24.4 Å². The van der Waals surface area contributed by atoms with Gasteiger partial charge < -0.3 is 4.74 Å². The smallest absolute Gasteiger partial charge is 0.150 e. The van der Waals surface area contributed by atoms with Crippen LogP contribution in [-0.2, 0) is 4.74 Å². The van der Waals surface area contributed by atoms with Crippen molar-refractivity contribution in [3.63, 3.8) is 0 Å². The highest BCUT2D eigenvalue weighted by molar-refractivity contribution is 6.30. The zero-order valence-corrected chi connectivity index (χ0v) is 11.7. The van der Waals surface area contributed by atoms with Crippen LogP contribution in [-0.4, -0.2) is 16.4 Å². The highest BCUT2D eigenvalue weighted by Gasteiger charge is 2.20. The van der Waals surface area contributed by atoms with Crippen LogP contribution in [0.4, 0.5) is 0 Å². The third-order valence-electron chi connectivity index (χ3n) is 3.48. The minimum atomic E-state index is -0.0562. The van der Waals surface area contributed by atoms with E-state index in [0.717, 1.165) is 37.1 Å². The van der Waals surface area contributed by atoms with Gasteiger partial charge in [0.25, 0.3) is 0 Å². The molecule has 0 spiro atoms. The van der Waals surface area contributed by atoms with Crippen LogP contribution < -0.4 is 0 Å². The Morgan fingerprint density at radius 2 is 2.25 bits per heavy atom. The molecule has 3 rings (SSSR count). The van der Waals surface area contributed by atoms with Gasteiger partial charge in [-0.3, -0.25) is 0 Å². The summed E-state index contributed by atoms with van der Waals surface area (Å²) < 4.78 is 7.63. The minimum Gasteiger partial charge on any atom is -0.356 e. The van der Waals surface area contributed by atoms with Crippen LogP contribution in [0.2, 0.25) is 5.02 Å². The molecule has 2 aromatic rings. The van der Waals surface area contributed by atoms with Crippen LogP contribution in [0.3, 0.4) is 0 Å². The van der Waals surface area contributed by atoms with Crippen molar-refractivity contribution in [1.29, 1.82) is 5.26 Å². The van der Waals surface area contributed by atoms with Gasteiger partial charge in [-0.05, 0) is 43.5 Å². The molecule has 0 amide bonds. The quantitative estimate of drug-likeness (QED) is 0.845. The third kappa shape index (κ3) is 2.43. The van der Waals surface area contributed by atoms with Crippen molar-refractivity contribution in [3.05, 3.63) is 41.0 Å². The highest BCUT2D eigenvalue weighted by atomic mass is 35.5. The van der Waals surface area contributed by atoms with Crippen LogP contribution in [0.5, 0.6) is 0 Å². The molecule has 1 fully saturated rings. The first kappa shape index (κ1) is 13.2. The number of nitriles is 1. The van der Waals surface area contributed by atoms with Crippen LogP contribution >= 0.6 is 11.6 Å². The SMILES string of the molecule is N#Cc1ccc(Cl)cc1-c1ccnn1C1CCCCO1. The fourth-order valence-corrected chi connectivity index (χ4v) is 2.67. The molecule has 1 aromatic heterocycles. The normalized spacial score (nSPS) is 18.7. The van der Waals surface area contributed by atoms with Crippen LogP contribution in [0.15, 0.2) is 30.5 Å². The maximum absolute atomic E-state index is 9.26. The standard InChI is InChI=1S/C15H14ClN3O/c16-12-5-4-11(10-17)13(9-12)14-6-7-18-19(14)15-3-1-2-8-20-15/h4-7,9,15H,1-3,8H2. The number of nitrogens with zero attached hydrogens (tertiary/aromatic N) is 3. The molecule has 0 N–H and O–H groups in total. The van der Waals surface area contributed by atoms with E-state index in [-0.39, 0.29) is 6.23 Å². The van der Waals surface area contributed by atoms with E-state index >= 15 is 0 Å². The molecule has 0 aliphatic carbocycles. The van der Waals surface area contributed by atoms with Gasteiger partial charge in [-0.1, -0.05) is 11.6 Å². The Kier molecular flexibility index (Phi) is 3.72. The van der Waals surface area contributed by atoms with Gasteiger partial charge in [-0.25, -0.2) is 4.68 Å². The molecule has 102 valence electrons. The number of benzene rings is 1. The average Bonchev–Trinajstić information content (AvgIpc) is 2.97. The van der Waals surface area contributed by atoms with E-state index in [1.165, 1.54) is 0 Å². The lowest BCUT2D eigenvalue weighted by Gasteiger charge is -2.24. The van der Waals surface area contributed by atoms with Crippen molar-refractivity contribution in [2.45, 2.75) is 25.5 Å². The van der Waals surface area contributed by atoms with E-state index in [0.29, 0.717) is 10.6 Å². The first-order chi connectivity index (χ1) is 9.79. The van der Waals surface area contributed by atoms with E-state index in [2.05, 4.69) is 11.2 Å². The van der Waals surface area contributed by atoms with Crippen molar-refractivity contribution in [2.24, 2.45) is 0 Å². The molecule has 2 heterocycles. The summed E-state index contributed by atoms with van der Waals surface area (Å²) in [6.07, 6.45) is 4.84. The zero-order valence-electron chi connectivity index (χ0n) is 10.9. The summed E-state index contributed by atoms with van der Waals surface area (Å²) in [6, 6.07) is 9.35. The molecule has 0 radical (unpaired) electrons. The topological polar surface area (TPSA) is 50.8 Å². The Morgan fingerprint density at radius 1 is 1.35 bits per heavy atom. The highest BCUT2D eigenvalue weighted by Crippen LogP contribution is 2.31. The lowest BCUT2D eigenvalue weighted by Crippen LogP contribution is -2.20. The molecule has 0 bridgehead atoms. The van der Waals surface area contributed by atoms with Gasteiger partial charge in [0.2, 0.25) is 0 Å². The molecule has 1 aliphatic heterocycles. The number of hydrogen-bond donors (Lipinski definition) is 0. The Morgan fingerprint density at radius 3 is 3.00 bits per heavy atom. The number of rotatable bonds is 2. The van der Waals surface area contributed by atoms with Crippen LogP contribution in [0.25, 0.3) is 11.3 Å². The molecule has 0 saturated carbocycles. The molecule has 1 aliphatic rings. The Balaban J connectivity index is 2.05. The van der Waals surface area contributed by atoms with Crippen molar-refractivity contribution in [1.82, 2.24) is 9.78 Å². The first-order valence-electron chi connectivity index (χ1n) is 6.65. The molecular weight excluding hydrogens is 274 g/mol. The largest absolute Gasteiger partial charge is 0.356 e. The zero-order chi connectivity index (χ0) is 13.9. The van der Waals surface area contributed by atoms with Gasteiger partial charge in [0.15, 0.2) is 6.23 Å². The molecule has 1 aromatic carbocycles. The third-order valence-corrected chi connectivity index (χ3v) is 3.71. The van der Waals surface area contributed by atoms with Crippen LogP contribution in [0.1, 0.15) is 31.1 Å². The summed E-state index contributed by atoms with van der Waals surface area (Å²) in [5.41, 5.74) is 2.26. The number of halogens is 1. The van der Waals surface area contributed by atoms with E-state index in [4.69, 9.17) is 16.3 Å². The lowest BCUT2D eigenvalue weighted by molar-refractivity contribution is -0.0383. The Labute approximate surface area is 122 Å². The van der Waals surface area contributed by atoms with Gasteiger partial charge in [-0.2, -0.15) is 10.4 Å². The molecule has 20 heavy (non-hydrogen) atoms. The number of aromatic nitrogens is 2. The van der Waals surface area contributed by atoms with E-state index < -0.39 is 0 Å². The summed E-state index contributed by atoms with van der Waals surface area (Å²) in [7, 11) is 0. The lowest BCUT2D eigenvalue weighted by atomic mass is 10.1. The first-order valence-corrected chi connectivity index (χ1v) is 7.02. The van der Waals surface area contributed by atoms with E-state index in [9.17, 15) is 5.26 Å². The molecular formula is C15H14ClN3O. The average molecular weight is 288 g/mol. The Bertz CT molecular complexity index is 653. The van der Waals surface area contributed by atoms with Gasteiger partial charge in [0.05, 0.1) is 17.3 Å². The maximum Gasteiger partial charge on any atom is 0.150 e. The van der Waals surface area contributed by atoms with Gasteiger partial charge in [-0.15, -0.1) is 0 Å². The Hall–Kier alpha value is -1.83. The number of ether oxygens (including phenoxy) is 1. The van der Waals surface area contributed by atoms with Crippen molar-refractivity contribution < 1.29 is 4.74 Å². The minimum absolute atomic E-state index is 0.0562. The summed E-state index contributed by atoms with van der Waals surface area (Å²) in [6.45, 7) is 0.755. The van der Waals surface area contributed by atoms with Gasteiger partial charge in [0, 0.05) is 23.4 Å². The monoisotopic (exact) mass is 287 g/mol. The van der Waals surface area contributed by atoms with E-state index in [1.807, 2.05) is 10.7 Å². The maximum atomic E-state index is 9.26. The fraction of sp³-hybridized carbons (Fsp3) is 0.333. The summed E-state index contributed by atoms with van der Waals surface area (Å²) in [5.74, 6) is 0. The van der Waals surface area contributed by atoms with Crippen molar-refractivity contribution in [3.8, 4) is 17.3 Å². The van der Waals surface area contributed by atoms with Gasteiger partial charge >= 0.3 is 0 Å². The summed E-state index contributed by atoms with van der Waals surface area (Å²) >= 11 is 6.06. The molecule has 1 unspecified atom stereocenters. The molecule has 4 nitrogen and oxygen atoms in total.